The molecule has 10 nitrogen and oxygen atoms in total. The van der Waals surface area contributed by atoms with Gasteiger partial charge in [0.1, 0.15) is 11.3 Å². The van der Waals surface area contributed by atoms with Crippen molar-refractivity contribution in [1.29, 1.82) is 0 Å². The first-order chi connectivity index (χ1) is 17.4. The minimum Gasteiger partial charge on any atom is -0.465 e. The van der Waals surface area contributed by atoms with Crippen LogP contribution in [0.15, 0.2) is 30.6 Å². The van der Waals surface area contributed by atoms with Crippen molar-refractivity contribution >= 4 is 34.1 Å². The molecule has 3 aromatic rings. The quantitative estimate of drug-likeness (QED) is 0.243. The van der Waals surface area contributed by atoms with Gasteiger partial charge in [-0.25, -0.2) is 9.78 Å². The zero-order valence-corrected chi connectivity index (χ0v) is 20.8. The number of rotatable bonds is 5. The number of esters is 1. The van der Waals surface area contributed by atoms with Gasteiger partial charge in [0.15, 0.2) is 0 Å². The number of hydrogen-bond acceptors (Lipinski definition) is 8. The number of methoxy groups -OCH3 is 1. The molecule has 0 spiro atoms. The Balaban J connectivity index is 1.64. The molecule has 2 fully saturated rings. The van der Waals surface area contributed by atoms with E-state index in [2.05, 4.69) is 14.5 Å². The van der Waals surface area contributed by atoms with Crippen molar-refractivity contribution in [2.45, 2.75) is 38.1 Å². The first kappa shape index (κ1) is 24.1. The molecular formula is C26H32N6O4. The summed E-state index contributed by atoms with van der Waals surface area (Å²) in [6.07, 6.45) is 7.86. The third kappa shape index (κ3) is 4.26. The van der Waals surface area contributed by atoms with Crippen molar-refractivity contribution in [3.05, 3.63) is 46.3 Å². The van der Waals surface area contributed by atoms with Crippen LogP contribution in [-0.2, 0) is 4.74 Å². The Bertz CT molecular complexity index is 1310. The van der Waals surface area contributed by atoms with Crippen LogP contribution in [0.25, 0.3) is 22.2 Å². The summed E-state index contributed by atoms with van der Waals surface area (Å²) < 4.78 is 7.21. The average molecular weight is 493 g/mol. The van der Waals surface area contributed by atoms with E-state index < -0.39 is 10.9 Å². The number of nitrogens with two attached hydrogens (primary N) is 1. The molecule has 0 unspecified atom stereocenters. The number of piperazine rings is 1. The maximum absolute atomic E-state index is 12.7. The number of nitrogen functional groups attached to an aromatic ring is 1. The molecule has 36 heavy (non-hydrogen) atoms. The molecule has 1 saturated heterocycles. The van der Waals surface area contributed by atoms with Gasteiger partial charge < -0.3 is 24.8 Å². The molecule has 1 saturated carbocycles. The van der Waals surface area contributed by atoms with E-state index in [4.69, 9.17) is 10.5 Å². The van der Waals surface area contributed by atoms with Crippen molar-refractivity contribution in [2.24, 2.45) is 0 Å². The number of hydrogen-bond donors (Lipinski definition) is 1. The number of nitro benzene ring substituents is 1. The Morgan fingerprint density at radius 1 is 1.14 bits per heavy atom. The predicted octanol–water partition coefficient (Wildman–Crippen LogP) is 4.24. The first-order valence-electron chi connectivity index (χ1n) is 12.5. The summed E-state index contributed by atoms with van der Waals surface area (Å²) in [6, 6.07) is 7.89. The second-order valence-electron chi connectivity index (χ2n) is 9.77. The summed E-state index contributed by atoms with van der Waals surface area (Å²) in [5, 5.41) is 12.2. The van der Waals surface area contributed by atoms with Crippen LogP contribution in [0.3, 0.4) is 0 Å². The van der Waals surface area contributed by atoms with Gasteiger partial charge in [0.25, 0.3) is 0 Å². The van der Waals surface area contributed by atoms with Crippen LogP contribution in [0, 0.1) is 10.1 Å². The lowest BCUT2D eigenvalue weighted by atomic mass is 9.95. The fraction of sp³-hybridized carbons (Fsp3) is 0.462. The lowest BCUT2D eigenvalue weighted by molar-refractivity contribution is -0.383. The second-order valence-corrected chi connectivity index (χ2v) is 9.77. The van der Waals surface area contributed by atoms with Crippen molar-refractivity contribution in [2.75, 3.05) is 51.0 Å². The summed E-state index contributed by atoms with van der Waals surface area (Å²) in [7, 11) is 3.29. The van der Waals surface area contributed by atoms with Crippen LogP contribution >= 0.6 is 0 Å². The fourth-order valence-electron chi connectivity index (χ4n) is 5.56. The average Bonchev–Trinajstić information content (AvgIpc) is 3.32. The van der Waals surface area contributed by atoms with Crippen molar-refractivity contribution < 1.29 is 14.5 Å². The molecule has 5 rings (SSSR count). The molecule has 2 aromatic carbocycles. The summed E-state index contributed by atoms with van der Waals surface area (Å²) >= 11 is 0. The van der Waals surface area contributed by atoms with E-state index in [-0.39, 0.29) is 16.9 Å². The van der Waals surface area contributed by atoms with Gasteiger partial charge in [-0.1, -0.05) is 25.3 Å². The molecule has 0 bridgehead atoms. The van der Waals surface area contributed by atoms with Crippen molar-refractivity contribution in [1.82, 2.24) is 14.5 Å². The number of nitro groups is 1. The van der Waals surface area contributed by atoms with Crippen LogP contribution in [0.4, 0.5) is 17.1 Å². The highest BCUT2D eigenvalue weighted by Gasteiger charge is 2.32. The predicted molar refractivity (Wildman–Crippen MR) is 139 cm³/mol. The Morgan fingerprint density at radius 3 is 2.53 bits per heavy atom. The van der Waals surface area contributed by atoms with Gasteiger partial charge >= 0.3 is 11.7 Å². The molecule has 0 atom stereocenters. The van der Waals surface area contributed by atoms with Gasteiger partial charge in [-0.2, -0.15) is 0 Å². The SMILES string of the molecule is COC(=O)c1c(N2CCN(C)CC2)cc(-c2ccc3c(c2)ncn3C2CCCCC2)c([N+](=O)[O-])c1N. The van der Waals surface area contributed by atoms with E-state index in [1.165, 1.54) is 26.4 Å². The number of ether oxygens (including phenoxy) is 1. The molecule has 0 radical (unpaired) electrons. The number of benzene rings is 2. The van der Waals surface area contributed by atoms with Gasteiger partial charge in [0.05, 0.1) is 40.6 Å². The summed E-state index contributed by atoms with van der Waals surface area (Å²) in [6.45, 7) is 2.94. The topological polar surface area (TPSA) is 120 Å². The molecule has 190 valence electrons. The van der Waals surface area contributed by atoms with Crippen LogP contribution in [0.5, 0.6) is 0 Å². The van der Waals surface area contributed by atoms with Gasteiger partial charge in [0.2, 0.25) is 0 Å². The number of fused-ring (bicyclic) bond motifs is 1. The van der Waals surface area contributed by atoms with Gasteiger partial charge in [-0.05, 0) is 43.7 Å². The van der Waals surface area contributed by atoms with Crippen molar-refractivity contribution in [3.63, 3.8) is 0 Å². The van der Waals surface area contributed by atoms with Crippen LogP contribution in [0.1, 0.15) is 48.5 Å². The third-order valence-electron chi connectivity index (χ3n) is 7.59. The molecule has 10 heteroatoms. The molecule has 2 N–H and O–H groups in total. The third-order valence-corrected chi connectivity index (χ3v) is 7.59. The number of carbonyl (C=O) groups is 1. The fourth-order valence-corrected chi connectivity index (χ4v) is 5.56. The van der Waals surface area contributed by atoms with Gasteiger partial charge in [-0.3, -0.25) is 10.1 Å². The zero-order valence-electron chi connectivity index (χ0n) is 20.8. The minimum absolute atomic E-state index is 0.0418. The number of aromatic nitrogens is 2. The number of nitrogens with zero attached hydrogens (tertiary/aromatic N) is 5. The monoisotopic (exact) mass is 492 g/mol. The molecular weight excluding hydrogens is 460 g/mol. The smallest absolute Gasteiger partial charge is 0.342 e. The van der Waals surface area contributed by atoms with Crippen LogP contribution in [0.2, 0.25) is 0 Å². The normalized spacial score (nSPS) is 17.4. The lowest BCUT2D eigenvalue weighted by Crippen LogP contribution is -2.45. The van der Waals surface area contributed by atoms with Crippen molar-refractivity contribution in [3.8, 4) is 11.1 Å². The van der Waals surface area contributed by atoms with E-state index in [9.17, 15) is 14.9 Å². The molecule has 2 heterocycles. The van der Waals surface area contributed by atoms with Gasteiger partial charge in [-0.15, -0.1) is 0 Å². The first-order valence-corrected chi connectivity index (χ1v) is 12.5. The van der Waals surface area contributed by atoms with Gasteiger partial charge in [0, 0.05) is 32.2 Å². The highest BCUT2D eigenvalue weighted by molar-refractivity contribution is 6.06. The maximum Gasteiger partial charge on any atom is 0.342 e. The van der Waals surface area contributed by atoms with E-state index in [1.54, 1.807) is 6.07 Å². The molecule has 1 aromatic heterocycles. The molecule has 1 aliphatic carbocycles. The Hall–Kier alpha value is -3.66. The summed E-state index contributed by atoms with van der Waals surface area (Å²) in [5.74, 6) is -0.683. The van der Waals surface area contributed by atoms with E-state index >= 15 is 0 Å². The second kappa shape index (κ2) is 9.77. The maximum atomic E-state index is 12.7. The number of carbonyl (C=O) groups excluding carboxylic acids is 1. The molecule has 2 aliphatic rings. The van der Waals surface area contributed by atoms with E-state index in [0.29, 0.717) is 35.9 Å². The Labute approximate surface area is 209 Å². The zero-order chi connectivity index (χ0) is 25.4. The Kier molecular flexibility index (Phi) is 6.53. The summed E-state index contributed by atoms with van der Waals surface area (Å²) in [4.78, 5) is 33.3. The summed E-state index contributed by atoms with van der Waals surface area (Å²) in [5.41, 5.74) is 9.29. The van der Waals surface area contributed by atoms with E-state index in [1.807, 2.05) is 36.5 Å². The largest absolute Gasteiger partial charge is 0.465 e. The lowest BCUT2D eigenvalue weighted by Gasteiger charge is -2.35. The highest BCUT2D eigenvalue weighted by Crippen LogP contribution is 2.43. The van der Waals surface area contributed by atoms with Crippen LogP contribution in [-0.4, -0.2) is 65.7 Å². The standard InChI is InChI=1S/C26H32N6O4/c1-29-10-12-30(13-11-29)22-15-19(25(32(34)35)24(27)23(22)26(33)36-2)17-8-9-21-20(14-17)28-16-31(21)18-6-4-3-5-7-18/h8-9,14-16,18H,3-7,10-13,27H2,1-2H3. The molecule has 0 amide bonds. The van der Waals surface area contributed by atoms with E-state index in [0.717, 1.165) is 37.0 Å². The minimum atomic E-state index is -0.683. The highest BCUT2D eigenvalue weighted by atomic mass is 16.6. The number of likely N-dealkylation sites (N-methyl/N-ethyl adjacent to an activating group) is 1. The van der Waals surface area contributed by atoms with Crippen LogP contribution < -0.4 is 10.6 Å². The number of anilines is 2. The Morgan fingerprint density at radius 2 is 1.86 bits per heavy atom. The molecule has 1 aliphatic heterocycles. The number of imidazole rings is 1.